The zero-order valence-electron chi connectivity index (χ0n) is 3.49. The van der Waals surface area contributed by atoms with E-state index < -0.39 is 8.87 Å². The summed E-state index contributed by atoms with van der Waals surface area (Å²) in [6.07, 6.45) is 1.64. The van der Waals surface area contributed by atoms with E-state index in [2.05, 4.69) is 0 Å². The Bertz CT molecular complexity index is 177. The maximum absolute atomic E-state index is 10.3. The van der Waals surface area contributed by atoms with Crippen LogP contribution in [-0.2, 0) is 8.87 Å². The van der Waals surface area contributed by atoms with Gasteiger partial charge in [-0.25, -0.2) is 8.42 Å². The van der Waals surface area contributed by atoms with Gasteiger partial charge in [-0.15, -0.1) is 0 Å². The lowest BCUT2D eigenvalue weighted by Gasteiger charge is -1.79. The highest BCUT2D eigenvalue weighted by Gasteiger charge is 2.09. The third kappa shape index (κ3) is 1.21. The third-order valence-corrected chi connectivity index (χ3v) is 3.50. The van der Waals surface area contributed by atoms with Gasteiger partial charge in [0.25, 0.3) is 0 Å². The molecule has 7 heavy (non-hydrogen) atoms. The summed E-state index contributed by atoms with van der Waals surface area (Å²) in [5.41, 5.74) is 0. The minimum absolute atomic E-state index is 0.613. The van der Waals surface area contributed by atoms with Crippen molar-refractivity contribution in [3.63, 3.8) is 0 Å². The molecule has 0 saturated heterocycles. The second-order valence-corrected chi connectivity index (χ2v) is 5.08. The van der Waals surface area contributed by atoms with Crippen LogP contribution in [0.3, 0.4) is 0 Å². The first-order valence-electron chi connectivity index (χ1n) is 1.77. The monoisotopic (exact) mass is 136 g/mol. The predicted octanol–water partition coefficient (Wildman–Crippen LogP) is 0.577. The van der Waals surface area contributed by atoms with Crippen molar-refractivity contribution in [3.8, 4) is 0 Å². The molecule has 40 valence electrons. The Morgan fingerprint density at radius 1 is 1.57 bits per heavy atom. The quantitative estimate of drug-likeness (QED) is 0.457. The number of hydrogen-bond acceptors (Lipinski definition) is 3. The van der Waals surface area contributed by atoms with Crippen LogP contribution in [0.1, 0.15) is 0 Å². The Morgan fingerprint density at radius 2 is 2.29 bits per heavy atom. The second-order valence-electron chi connectivity index (χ2n) is 1.15. The molecule has 1 aliphatic rings. The first-order valence-corrected chi connectivity index (χ1v) is 4.81. The first kappa shape index (κ1) is 5.18. The summed E-state index contributed by atoms with van der Waals surface area (Å²) in [4.78, 5) is 0. The van der Waals surface area contributed by atoms with E-state index in [1.807, 2.05) is 0 Å². The largest absolute Gasteiger partial charge is 0.223 e. The molecule has 0 bridgehead atoms. The molecular weight excluding hydrogens is 132 g/mol. The maximum Gasteiger partial charge on any atom is 0.223 e. The molecule has 0 unspecified atom stereocenters. The first-order chi connectivity index (χ1) is 3.21. The van der Waals surface area contributed by atoms with Gasteiger partial charge in [-0.05, 0) is 10.8 Å². The van der Waals surface area contributed by atoms with Crippen molar-refractivity contribution in [2.45, 2.75) is 0 Å². The van der Waals surface area contributed by atoms with E-state index >= 15 is 0 Å². The van der Waals surface area contributed by atoms with Crippen molar-refractivity contribution in [3.05, 3.63) is 11.5 Å². The average molecular weight is 136 g/mol. The van der Waals surface area contributed by atoms with Gasteiger partial charge in [-0.2, -0.15) is 0 Å². The summed E-state index contributed by atoms with van der Waals surface area (Å²) in [5.74, 6) is 0.613. The van der Waals surface area contributed by atoms with E-state index in [-0.39, 0.29) is 0 Å². The van der Waals surface area contributed by atoms with Crippen LogP contribution in [0.15, 0.2) is 11.5 Å². The number of rotatable bonds is 0. The van der Waals surface area contributed by atoms with Crippen LogP contribution in [-0.4, -0.2) is 14.2 Å². The highest BCUT2D eigenvalue weighted by atomic mass is 33.1. The highest BCUT2D eigenvalue weighted by Crippen LogP contribution is 2.20. The average Bonchev–Trinajstić information content (AvgIpc) is 1.84. The lowest BCUT2D eigenvalue weighted by atomic mass is 10.8. The molecule has 0 amide bonds. The topological polar surface area (TPSA) is 34.1 Å². The molecule has 0 fully saturated rings. The van der Waals surface area contributed by atoms with Crippen molar-refractivity contribution < 1.29 is 8.42 Å². The standard InChI is InChI=1S/C3H4O2S2/c4-7(5)3-1-2-6-7/h1,3H,2H2. The molecule has 2 nitrogen and oxygen atoms in total. The fourth-order valence-electron chi connectivity index (χ4n) is 0.331. The van der Waals surface area contributed by atoms with E-state index in [0.29, 0.717) is 5.75 Å². The number of hydrogen-bond donors (Lipinski definition) is 0. The van der Waals surface area contributed by atoms with Gasteiger partial charge in [0, 0.05) is 11.2 Å². The Kier molecular flexibility index (Phi) is 1.13. The summed E-state index contributed by atoms with van der Waals surface area (Å²) in [6.45, 7) is 0. The molecule has 0 spiro atoms. The molecule has 0 aromatic rings. The van der Waals surface area contributed by atoms with Crippen molar-refractivity contribution in [1.82, 2.24) is 0 Å². The lowest BCUT2D eigenvalue weighted by Crippen LogP contribution is -1.77. The van der Waals surface area contributed by atoms with Gasteiger partial charge in [0.15, 0.2) is 0 Å². The molecule has 0 radical (unpaired) electrons. The molecule has 0 atom stereocenters. The Morgan fingerprint density at radius 3 is 2.43 bits per heavy atom. The van der Waals surface area contributed by atoms with Crippen molar-refractivity contribution >= 4 is 19.7 Å². The molecule has 1 rings (SSSR count). The van der Waals surface area contributed by atoms with Gasteiger partial charge in [-0.3, -0.25) is 0 Å². The van der Waals surface area contributed by atoms with Crippen LogP contribution >= 0.6 is 10.8 Å². The van der Waals surface area contributed by atoms with E-state index in [9.17, 15) is 8.42 Å². The molecule has 0 saturated carbocycles. The molecule has 1 heterocycles. The van der Waals surface area contributed by atoms with Gasteiger partial charge in [0.1, 0.15) is 0 Å². The van der Waals surface area contributed by atoms with E-state index in [4.69, 9.17) is 0 Å². The van der Waals surface area contributed by atoms with Crippen molar-refractivity contribution in [1.29, 1.82) is 0 Å². The maximum atomic E-state index is 10.3. The molecule has 1 aliphatic heterocycles. The molecule has 0 aliphatic carbocycles. The van der Waals surface area contributed by atoms with Crippen LogP contribution < -0.4 is 0 Å². The van der Waals surface area contributed by atoms with Gasteiger partial charge < -0.3 is 0 Å². The summed E-state index contributed by atoms with van der Waals surface area (Å²) in [6, 6.07) is 0. The summed E-state index contributed by atoms with van der Waals surface area (Å²) >= 11 is 0. The fraction of sp³-hybridized carbons (Fsp3) is 0.333. The van der Waals surface area contributed by atoms with Crippen molar-refractivity contribution in [2.75, 3.05) is 5.75 Å². The highest BCUT2D eigenvalue weighted by molar-refractivity contribution is 8.73. The summed E-state index contributed by atoms with van der Waals surface area (Å²) in [5, 5.41) is 1.23. The second kappa shape index (κ2) is 1.52. The van der Waals surface area contributed by atoms with Gasteiger partial charge >= 0.3 is 0 Å². The fourth-order valence-corrected chi connectivity index (χ4v) is 2.50. The predicted molar refractivity (Wildman–Crippen MR) is 30.5 cm³/mol. The Hall–Kier alpha value is 0.0400. The molecule has 0 aromatic heterocycles. The van der Waals surface area contributed by atoms with Gasteiger partial charge in [0.05, 0.1) is 0 Å². The van der Waals surface area contributed by atoms with E-state index in [0.717, 1.165) is 10.8 Å². The summed E-state index contributed by atoms with van der Waals surface area (Å²) < 4.78 is 20.6. The van der Waals surface area contributed by atoms with Crippen LogP contribution in [0.2, 0.25) is 0 Å². The summed E-state index contributed by atoms with van der Waals surface area (Å²) in [7, 11) is -1.85. The third-order valence-electron chi connectivity index (χ3n) is 0.591. The Balaban J connectivity index is 2.99. The van der Waals surface area contributed by atoms with Gasteiger partial charge in [-0.1, -0.05) is 6.08 Å². The van der Waals surface area contributed by atoms with Crippen LogP contribution in [0.4, 0.5) is 0 Å². The Labute approximate surface area is 45.9 Å². The molecule has 0 N–H and O–H groups in total. The minimum atomic E-state index is -2.81. The zero-order valence-corrected chi connectivity index (χ0v) is 5.13. The van der Waals surface area contributed by atoms with E-state index in [1.54, 1.807) is 6.08 Å². The van der Waals surface area contributed by atoms with Crippen LogP contribution in [0.5, 0.6) is 0 Å². The molecule has 0 aromatic carbocycles. The normalized spacial score (nSPS) is 25.7. The smallest absolute Gasteiger partial charge is 0.213 e. The van der Waals surface area contributed by atoms with Crippen LogP contribution in [0.25, 0.3) is 0 Å². The zero-order chi connectivity index (χ0) is 5.33. The molecular formula is C3H4O2S2. The minimum Gasteiger partial charge on any atom is -0.213 e. The molecule has 4 heteroatoms. The lowest BCUT2D eigenvalue weighted by molar-refractivity contribution is 0.618. The van der Waals surface area contributed by atoms with Crippen molar-refractivity contribution in [2.24, 2.45) is 0 Å². The van der Waals surface area contributed by atoms with Crippen LogP contribution in [0, 0.1) is 0 Å². The van der Waals surface area contributed by atoms with Gasteiger partial charge in [0.2, 0.25) is 8.87 Å². The van der Waals surface area contributed by atoms with E-state index in [1.165, 1.54) is 5.41 Å². The SMILES string of the molecule is O=S1(=O)C=CCS1.